The number of hydrogen-bond acceptors (Lipinski definition) is 1. The largest absolute Gasteiger partial charge is 0.290 e. The third-order valence-electron chi connectivity index (χ3n) is 0.826. The maximum absolute atomic E-state index is 6.65. The summed E-state index contributed by atoms with van der Waals surface area (Å²) in [5.74, 6) is 0. The summed E-state index contributed by atoms with van der Waals surface area (Å²) < 4.78 is 0. The average molecular weight is 134 g/mol. The van der Waals surface area contributed by atoms with Crippen LogP contribution in [0, 0.1) is 5.41 Å². The van der Waals surface area contributed by atoms with Gasteiger partial charge in [0.1, 0.15) is 6.34 Å². The fourth-order valence-electron chi connectivity index (χ4n) is 0.405. The Kier molecular flexibility index (Phi) is 4.87. The molecule has 0 radical (unpaired) electrons. The molecule has 0 aromatic heterocycles. The molecule has 0 aromatic rings. The lowest BCUT2D eigenvalue weighted by molar-refractivity contribution is 1.51. The zero-order chi connectivity index (χ0) is 7.82. The van der Waals surface area contributed by atoms with Gasteiger partial charge in [-0.25, -0.2) is 4.99 Å². The predicted molar refractivity (Wildman–Crippen MR) is 45.8 cm³/mol. The molecule has 0 fully saturated rings. The maximum Gasteiger partial charge on any atom is 0.107 e. The summed E-state index contributed by atoms with van der Waals surface area (Å²) in [6, 6.07) is 0. The van der Waals surface area contributed by atoms with Crippen molar-refractivity contribution in [3.63, 3.8) is 0 Å². The Balaban J connectivity index is 4.20. The average Bonchev–Trinajstić information content (AvgIpc) is 1.98. The number of rotatable bonds is 4. The molecule has 0 aliphatic rings. The Labute approximate surface area is 60.8 Å². The Morgan fingerprint density at radius 3 is 2.50 bits per heavy atom. The van der Waals surface area contributed by atoms with Crippen molar-refractivity contribution in [3.05, 3.63) is 37.5 Å². The van der Waals surface area contributed by atoms with E-state index in [0.29, 0.717) is 5.71 Å². The van der Waals surface area contributed by atoms with Crippen molar-refractivity contribution in [2.75, 3.05) is 0 Å². The standard InChI is InChI=1S/C8H10N2/c1-3-5-6-8(4-2)10-7-9/h3-7,9H,1-2H2/b6-5+,9-7?,10-8-. The monoisotopic (exact) mass is 134 g/mol. The summed E-state index contributed by atoms with van der Waals surface area (Å²) in [6.07, 6.45) is 7.66. The van der Waals surface area contributed by atoms with Gasteiger partial charge in [0.05, 0.1) is 5.71 Å². The zero-order valence-electron chi connectivity index (χ0n) is 5.75. The van der Waals surface area contributed by atoms with Gasteiger partial charge in [0.2, 0.25) is 0 Å². The maximum atomic E-state index is 6.65. The second-order valence-corrected chi connectivity index (χ2v) is 1.48. The van der Waals surface area contributed by atoms with Crippen LogP contribution in [-0.2, 0) is 0 Å². The van der Waals surface area contributed by atoms with Crippen molar-refractivity contribution in [2.24, 2.45) is 4.99 Å². The minimum absolute atomic E-state index is 0.662. The van der Waals surface area contributed by atoms with Crippen LogP contribution >= 0.6 is 0 Å². The first-order chi connectivity index (χ1) is 4.85. The minimum atomic E-state index is 0.662. The normalized spacial score (nSPS) is 11.4. The molecule has 0 atom stereocenters. The summed E-state index contributed by atoms with van der Waals surface area (Å²) in [4.78, 5) is 3.69. The minimum Gasteiger partial charge on any atom is -0.290 e. The van der Waals surface area contributed by atoms with Gasteiger partial charge in [-0.1, -0.05) is 25.3 Å². The van der Waals surface area contributed by atoms with Gasteiger partial charge < -0.3 is 0 Å². The molecule has 0 rings (SSSR count). The molecule has 0 aromatic carbocycles. The van der Waals surface area contributed by atoms with Gasteiger partial charge in [-0.2, -0.15) is 0 Å². The highest BCUT2D eigenvalue weighted by Gasteiger charge is 1.79. The molecule has 0 saturated carbocycles. The zero-order valence-corrected chi connectivity index (χ0v) is 5.75. The van der Waals surface area contributed by atoms with Crippen LogP contribution in [0.4, 0.5) is 0 Å². The summed E-state index contributed by atoms with van der Waals surface area (Å²) in [7, 11) is 0. The lowest BCUT2D eigenvalue weighted by Gasteiger charge is -1.84. The Bertz CT molecular complexity index is 187. The smallest absolute Gasteiger partial charge is 0.107 e. The van der Waals surface area contributed by atoms with Crippen LogP contribution in [0.1, 0.15) is 0 Å². The summed E-state index contributed by atoms with van der Waals surface area (Å²) >= 11 is 0. The Morgan fingerprint density at radius 2 is 2.10 bits per heavy atom. The first-order valence-electron chi connectivity index (χ1n) is 2.83. The molecule has 0 spiro atoms. The lowest BCUT2D eigenvalue weighted by atomic mass is 10.3. The topological polar surface area (TPSA) is 36.2 Å². The number of nitrogens with one attached hydrogen (secondary N) is 1. The van der Waals surface area contributed by atoms with E-state index in [4.69, 9.17) is 5.41 Å². The van der Waals surface area contributed by atoms with Crippen LogP contribution in [0.25, 0.3) is 0 Å². The van der Waals surface area contributed by atoms with Crippen LogP contribution in [0.15, 0.2) is 42.5 Å². The molecule has 0 unspecified atom stereocenters. The molecule has 0 aliphatic carbocycles. The van der Waals surface area contributed by atoms with E-state index in [1.165, 1.54) is 0 Å². The number of hydrogen-bond donors (Lipinski definition) is 1. The highest BCUT2D eigenvalue weighted by atomic mass is 14.8. The van der Waals surface area contributed by atoms with Gasteiger partial charge in [0, 0.05) is 0 Å². The highest BCUT2D eigenvalue weighted by molar-refractivity contribution is 6.06. The molecule has 0 aliphatic heterocycles. The predicted octanol–water partition coefficient (Wildman–Crippen LogP) is 1.96. The van der Waals surface area contributed by atoms with E-state index in [0.717, 1.165) is 6.34 Å². The van der Waals surface area contributed by atoms with Crippen molar-refractivity contribution < 1.29 is 0 Å². The molecule has 2 nitrogen and oxygen atoms in total. The van der Waals surface area contributed by atoms with Crippen LogP contribution in [-0.4, -0.2) is 12.1 Å². The number of nitrogens with zero attached hydrogens (tertiary/aromatic N) is 1. The van der Waals surface area contributed by atoms with E-state index in [1.54, 1.807) is 24.3 Å². The third-order valence-corrected chi connectivity index (χ3v) is 0.826. The first-order valence-corrected chi connectivity index (χ1v) is 2.83. The molecule has 0 heterocycles. The third kappa shape index (κ3) is 3.55. The number of allylic oxidation sites excluding steroid dienone is 4. The van der Waals surface area contributed by atoms with E-state index in [9.17, 15) is 0 Å². The molecule has 52 valence electrons. The van der Waals surface area contributed by atoms with Gasteiger partial charge in [-0.05, 0) is 12.2 Å². The SMILES string of the molecule is C=C/C=C/C(C=C)=N\C=N. The highest BCUT2D eigenvalue weighted by Crippen LogP contribution is 1.82. The first kappa shape index (κ1) is 8.56. The van der Waals surface area contributed by atoms with Crippen molar-refractivity contribution >= 4 is 12.1 Å². The Morgan fingerprint density at radius 1 is 1.40 bits per heavy atom. The van der Waals surface area contributed by atoms with Gasteiger partial charge >= 0.3 is 0 Å². The summed E-state index contributed by atoms with van der Waals surface area (Å²) in [5.41, 5.74) is 0.662. The second-order valence-electron chi connectivity index (χ2n) is 1.48. The van der Waals surface area contributed by atoms with Crippen molar-refractivity contribution in [3.8, 4) is 0 Å². The fourth-order valence-corrected chi connectivity index (χ4v) is 0.405. The van der Waals surface area contributed by atoms with E-state index in [-0.39, 0.29) is 0 Å². The summed E-state index contributed by atoms with van der Waals surface area (Å²) in [6.45, 7) is 7.01. The molecular weight excluding hydrogens is 124 g/mol. The molecule has 0 saturated heterocycles. The van der Waals surface area contributed by atoms with E-state index < -0.39 is 0 Å². The molecule has 1 N–H and O–H groups in total. The van der Waals surface area contributed by atoms with Crippen molar-refractivity contribution in [1.29, 1.82) is 5.41 Å². The van der Waals surface area contributed by atoms with Crippen LogP contribution in [0.5, 0.6) is 0 Å². The van der Waals surface area contributed by atoms with Crippen molar-refractivity contribution in [2.45, 2.75) is 0 Å². The molecule has 2 heteroatoms. The van der Waals surface area contributed by atoms with Gasteiger partial charge in [-0.3, -0.25) is 5.41 Å². The Hall–Kier alpha value is -1.44. The van der Waals surface area contributed by atoms with E-state index >= 15 is 0 Å². The summed E-state index contributed by atoms with van der Waals surface area (Å²) in [5, 5.41) is 6.65. The number of aliphatic imine (C=N–C) groups is 1. The van der Waals surface area contributed by atoms with Crippen LogP contribution in [0.2, 0.25) is 0 Å². The van der Waals surface area contributed by atoms with Gasteiger partial charge in [0.15, 0.2) is 0 Å². The van der Waals surface area contributed by atoms with Gasteiger partial charge in [0.25, 0.3) is 0 Å². The quantitative estimate of drug-likeness (QED) is 0.346. The molecule has 10 heavy (non-hydrogen) atoms. The van der Waals surface area contributed by atoms with Crippen LogP contribution in [0.3, 0.4) is 0 Å². The van der Waals surface area contributed by atoms with E-state index in [1.807, 2.05) is 0 Å². The van der Waals surface area contributed by atoms with Gasteiger partial charge in [-0.15, -0.1) is 0 Å². The second kappa shape index (κ2) is 5.69. The molecular formula is C8H10N2. The fraction of sp³-hybridized carbons (Fsp3) is 0. The molecule has 0 amide bonds. The molecule has 0 bridgehead atoms. The lowest BCUT2D eigenvalue weighted by Crippen LogP contribution is -1.85. The van der Waals surface area contributed by atoms with Crippen LogP contribution < -0.4 is 0 Å². The van der Waals surface area contributed by atoms with Crippen molar-refractivity contribution in [1.82, 2.24) is 0 Å². The van der Waals surface area contributed by atoms with E-state index in [2.05, 4.69) is 18.2 Å².